The van der Waals surface area contributed by atoms with Gasteiger partial charge in [0.15, 0.2) is 0 Å². The smallest absolute Gasteiger partial charge is 0.426 e. The fraction of sp³-hybridized carbons (Fsp3) is 0.250. The van der Waals surface area contributed by atoms with E-state index in [1.54, 1.807) is 0 Å². The fourth-order valence-corrected chi connectivity index (χ4v) is 2.24. The van der Waals surface area contributed by atoms with Crippen LogP contribution < -0.4 is 10.6 Å². The number of nitrogens with zero attached hydrogens (tertiary/aromatic N) is 2. The van der Waals surface area contributed by atoms with E-state index < -0.39 is 43.2 Å². The number of halogens is 3. The molecule has 12 heteroatoms. The Morgan fingerprint density at radius 2 is 1.82 bits per heavy atom. The first-order valence-corrected chi connectivity index (χ1v) is 8.03. The first-order chi connectivity index (χ1) is 13.2. The van der Waals surface area contributed by atoms with E-state index in [1.807, 2.05) is 0 Å². The van der Waals surface area contributed by atoms with Gasteiger partial charge in [0, 0.05) is 18.8 Å². The van der Waals surface area contributed by atoms with Crippen molar-refractivity contribution >= 4 is 18.9 Å². The maximum atomic E-state index is 12.7. The highest BCUT2D eigenvalue weighted by Gasteiger charge is 2.30. The zero-order chi connectivity index (χ0) is 20.7. The predicted molar refractivity (Wildman–Crippen MR) is 91.6 cm³/mol. The van der Waals surface area contributed by atoms with Crippen molar-refractivity contribution in [2.75, 3.05) is 6.44 Å². The summed E-state index contributed by atoms with van der Waals surface area (Å²) >= 11 is 0. The Balaban J connectivity index is 2.15. The number of benzene rings is 1. The molecule has 1 heterocycles. The molecule has 2 amide bonds. The molecule has 8 nitrogen and oxygen atoms in total. The molecule has 1 aromatic carbocycles. The minimum absolute atomic E-state index is 0.0603. The first kappa shape index (κ1) is 21.3. The summed E-state index contributed by atoms with van der Waals surface area (Å²) in [5.74, 6) is -1.46. The molecule has 0 radical (unpaired) electrons. The van der Waals surface area contributed by atoms with Crippen LogP contribution in [0.5, 0.6) is 0 Å². The van der Waals surface area contributed by atoms with E-state index in [0.717, 1.165) is 12.1 Å². The molecule has 0 fully saturated rings. The second kappa shape index (κ2) is 9.28. The largest absolute Gasteiger partial charge is 0.472 e. The van der Waals surface area contributed by atoms with Crippen LogP contribution in [0.25, 0.3) is 0 Å². The normalized spacial score (nSPS) is 12.2. The molecule has 1 atom stereocenters. The van der Waals surface area contributed by atoms with Crippen molar-refractivity contribution in [2.24, 2.45) is 0 Å². The lowest BCUT2D eigenvalue weighted by molar-refractivity contribution is -0.137. The van der Waals surface area contributed by atoms with E-state index in [-0.39, 0.29) is 12.1 Å². The van der Waals surface area contributed by atoms with Gasteiger partial charge in [0.2, 0.25) is 5.91 Å². The van der Waals surface area contributed by atoms with Crippen LogP contribution in [0, 0.1) is 0 Å². The van der Waals surface area contributed by atoms with Crippen molar-refractivity contribution in [2.45, 2.75) is 18.6 Å². The quantitative estimate of drug-likeness (QED) is 0.487. The average Bonchev–Trinajstić information content (AvgIpc) is 2.66. The van der Waals surface area contributed by atoms with E-state index >= 15 is 0 Å². The van der Waals surface area contributed by atoms with E-state index in [1.165, 1.54) is 30.7 Å². The van der Waals surface area contributed by atoms with Crippen LogP contribution in [-0.2, 0) is 17.4 Å². The third kappa shape index (κ3) is 6.32. The highest BCUT2D eigenvalue weighted by molar-refractivity contribution is 6.41. The molecule has 0 spiro atoms. The second-order valence-corrected chi connectivity index (χ2v) is 5.74. The van der Waals surface area contributed by atoms with Gasteiger partial charge in [-0.25, -0.2) is 4.98 Å². The fourth-order valence-electron chi connectivity index (χ4n) is 2.24. The minimum Gasteiger partial charge on any atom is -0.426 e. The number of hydrogen-bond donors (Lipinski definition) is 4. The van der Waals surface area contributed by atoms with Gasteiger partial charge >= 0.3 is 13.3 Å². The molecule has 0 aliphatic carbocycles. The minimum atomic E-state index is -4.49. The third-order valence-electron chi connectivity index (χ3n) is 3.60. The number of hydrogen-bond acceptors (Lipinski definition) is 6. The summed E-state index contributed by atoms with van der Waals surface area (Å²) in [5.41, 5.74) is -0.545. The summed E-state index contributed by atoms with van der Waals surface area (Å²) in [6, 6.07) is 2.93. The lowest BCUT2D eigenvalue weighted by Gasteiger charge is -2.18. The molecular weight excluding hydrogens is 380 g/mol. The zero-order valence-corrected chi connectivity index (χ0v) is 14.3. The molecule has 0 saturated heterocycles. The molecule has 0 bridgehead atoms. The summed E-state index contributed by atoms with van der Waals surface area (Å²) in [7, 11) is -1.80. The molecule has 2 aromatic rings. The molecule has 1 unspecified atom stereocenters. The van der Waals surface area contributed by atoms with Crippen molar-refractivity contribution in [3.63, 3.8) is 0 Å². The monoisotopic (exact) mass is 396 g/mol. The van der Waals surface area contributed by atoms with E-state index in [2.05, 4.69) is 20.6 Å². The molecule has 28 heavy (non-hydrogen) atoms. The lowest BCUT2D eigenvalue weighted by atomic mass is 9.92. The van der Waals surface area contributed by atoms with Gasteiger partial charge in [0.25, 0.3) is 5.91 Å². The summed E-state index contributed by atoms with van der Waals surface area (Å²) in [6.07, 6.45) is -1.29. The van der Waals surface area contributed by atoms with Gasteiger partial charge in [-0.15, -0.1) is 0 Å². The maximum Gasteiger partial charge on any atom is 0.472 e. The Bertz CT molecular complexity index is 804. The van der Waals surface area contributed by atoms with Crippen LogP contribution in [-0.4, -0.2) is 51.4 Å². The van der Waals surface area contributed by atoms with Crippen molar-refractivity contribution in [3.05, 3.63) is 59.7 Å². The summed E-state index contributed by atoms with van der Waals surface area (Å²) in [6.45, 7) is 0. The van der Waals surface area contributed by atoms with Crippen LogP contribution >= 0.6 is 0 Å². The molecule has 4 N–H and O–H groups in total. The lowest BCUT2D eigenvalue weighted by Crippen LogP contribution is -2.50. The highest BCUT2D eigenvalue weighted by atomic mass is 19.4. The Morgan fingerprint density at radius 3 is 2.36 bits per heavy atom. The second-order valence-electron chi connectivity index (χ2n) is 5.74. The molecular formula is C16H16BF3N4O4. The van der Waals surface area contributed by atoms with Gasteiger partial charge in [-0.1, -0.05) is 12.1 Å². The number of nitrogens with one attached hydrogen (secondary N) is 2. The number of aromatic nitrogens is 2. The van der Waals surface area contributed by atoms with Crippen LogP contribution in [0.15, 0.2) is 42.9 Å². The van der Waals surface area contributed by atoms with Crippen LogP contribution in [0.2, 0.25) is 0 Å². The molecule has 0 aliphatic rings. The Morgan fingerprint density at radius 1 is 1.14 bits per heavy atom. The SMILES string of the molecule is O=C(NC(Cc1ccc(C(F)(F)F)cc1)C(=O)NCB(O)O)c1cnccn1. The van der Waals surface area contributed by atoms with Crippen molar-refractivity contribution in [1.29, 1.82) is 0 Å². The van der Waals surface area contributed by atoms with Gasteiger partial charge in [0.05, 0.1) is 18.2 Å². The van der Waals surface area contributed by atoms with Crippen molar-refractivity contribution < 1.29 is 32.8 Å². The van der Waals surface area contributed by atoms with Crippen LogP contribution in [0.1, 0.15) is 21.6 Å². The van der Waals surface area contributed by atoms with E-state index in [9.17, 15) is 22.8 Å². The molecule has 0 aliphatic heterocycles. The predicted octanol–water partition coefficient (Wildman–Crippen LogP) is -0.0353. The average molecular weight is 396 g/mol. The van der Waals surface area contributed by atoms with Crippen LogP contribution in [0.3, 0.4) is 0 Å². The number of rotatable bonds is 7. The number of carbonyl (C=O) groups excluding carboxylic acids is 2. The first-order valence-electron chi connectivity index (χ1n) is 8.03. The third-order valence-corrected chi connectivity index (χ3v) is 3.60. The topological polar surface area (TPSA) is 124 Å². The molecule has 148 valence electrons. The molecule has 0 saturated carbocycles. The van der Waals surface area contributed by atoms with E-state index in [4.69, 9.17) is 10.0 Å². The van der Waals surface area contributed by atoms with Crippen molar-refractivity contribution in [1.82, 2.24) is 20.6 Å². The number of amides is 2. The van der Waals surface area contributed by atoms with Gasteiger partial charge in [0.1, 0.15) is 11.7 Å². The molecule has 2 rings (SSSR count). The Labute approximate surface area is 158 Å². The summed E-state index contributed by atoms with van der Waals surface area (Å²) in [5, 5.41) is 22.4. The van der Waals surface area contributed by atoms with Gasteiger partial charge in [-0.05, 0) is 17.7 Å². The zero-order valence-electron chi connectivity index (χ0n) is 14.3. The van der Waals surface area contributed by atoms with Gasteiger partial charge in [-0.2, -0.15) is 13.2 Å². The van der Waals surface area contributed by atoms with Gasteiger partial charge < -0.3 is 20.7 Å². The summed E-state index contributed by atoms with van der Waals surface area (Å²) in [4.78, 5) is 32.1. The summed E-state index contributed by atoms with van der Waals surface area (Å²) < 4.78 is 38.0. The molecule has 1 aromatic heterocycles. The Kier molecular flexibility index (Phi) is 7.07. The highest BCUT2D eigenvalue weighted by Crippen LogP contribution is 2.29. The number of alkyl halides is 3. The van der Waals surface area contributed by atoms with Crippen molar-refractivity contribution in [3.8, 4) is 0 Å². The number of carbonyl (C=O) groups is 2. The Hall–Kier alpha value is -2.99. The van der Waals surface area contributed by atoms with Gasteiger partial charge in [-0.3, -0.25) is 14.6 Å². The standard InChI is InChI=1S/C16H16BF3N4O4/c18-16(19,20)11-3-1-10(2-4-11)7-12(14(25)23-9-17(27)28)24-15(26)13-8-21-5-6-22-13/h1-6,8,12,27-28H,7,9H2,(H,23,25)(H,24,26). The maximum absolute atomic E-state index is 12.7. The van der Waals surface area contributed by atoms with Crippen LogP contribution in [0.4, 0.5) is 13.2 Å². The van der Waals surface area contributed by atoms with E-state index in [0.29, 0.717) is 5.56 Å².